The Bertz CT molecular complexity index is 2060. The third-order valence-corrected chi connectivity index (χ3v) is 10.3. The monoisotopic (exact) mass is 652 g/mol. The quantitative estimate of drug-likeness (QED) is 0.275. The van der Waals surface area contributed by atoms with Crippen LogP contribution in [0.15, 0.2) is 24.3 Å². The number of anilines is 1. The minimum absolute atomic E-state index is 0.0199. The molecule has 2 aromatic carbocycles. The number of aromatic nitrogens is 3. The van der Waals surface area contributed by atoms with Crippen molar-refractivity contribution in [1.29, 1.82) is 0 Å². The Morgan fingerprint density at radius 2 is 1.92 bits per heavy atom. The van der Waals surface area contributed by atoms with E-state index >= 15 is 8.78 Å². The predicted octanol–water partition coefficient (Wildman–Crippen LogP) is 5.47. The zero-order valence-electron chi connectivity index (χ0n) is 26.6. The summed E-state index contributed by atoms with van der Waals surface area (Å²) in [5.41, 5.74) is -0.406. The van der Waals surface area contributed by atoms with Crippen LogP contribution in [0.25, 0.3) is 32.9 Å². The molecule has 48 heavy (non-hydrogen) atoms. The first-order valence-corrected chi connectivity index (χ1v) is 16.6. The van der Waals surface area contributed by atoms with Crippen LogP contribution in [0.2, 0.25) is 0 Å². The minimum Gasteiger partial charge on any atom is -0.508 e. The fraction of sp³-hybridized carbons (Fsp3) is 0.432. The van der Waals surface area contributed by atoms with E-state index in [0.717, 1.165) is 32.2 Å². The molecule has 6 heterocycles. The number of fused-ring (bicyclic) bond motifs is 5. The number of halogens is 3. The van der Waals surface area contributed by atoms with E-state index in [0.29, 0.717) is 49.1 Å². The lowest BCUT2D eigenvalue weighted by atomic mass is 9.95. The number of piperazine rings is 1. The molecule has 4 aromatic rings. The topological polar surface area (TPSA) is 86.6 Å². The Balaban J connectivity index is 1.35. The highest BCUT2D eigenvalue weighted by Gasteiger charge is 2.49. The average Bonchev–Trinajstić information content (AvgIpc) is 3.73. The van der Waals surface area contributed by atoms with Gasteiger partial charge in [-0.1, -0.05) is 24.8 Å². The number of pyridine rings is 1. The molecule has 4 aliphatic rings. The van der Waals surface area contributed by atoms with E-state index in [1.54, 1.807) is 0 Å². The smallest absolute Gasteiger partial charge is 0.319 e. The van der Waals surface area contributed by atoms with Crippen molar-refractivity contribution in [3.63, 3.8) is 0 Å². The number of hydrogen-bond acceptors (Lipinski definition) is 8. The molecule has 2 unspecified atom stereocenters. The standard InChI is InChI=1S/C37H35F3N6O2/c1-3-5-7-29-31-34(32(40)33(42-29)27-15-25(47)14-21-8-11-28(39)26(4-2)30(21)27)43-36(44-35(31)45-18-23-9-10-24(19-45)41-23)48-20-37-12-6-13-46(37)17-22(38)16-37/h2,8,11,14-15,22-24,41,47H,3,6,9-10,12-13,16-20H2,1H3/t22-,23?,24?,37+/m1/s1. The van der Waals surface area contributed by atoms with Gasteiger partial charge in [-0.3, -0.25) is 4.90 Å². The summed E-state index contributed by atoms with van der Waals surface area (Å²) in [7, 11) is 0. The van der Waals surface area contributed by atoms with Gasteiger partial charge in [-0.25, -0.2) is 18.2 Å². The molecule has 2 bridgehead atoms. The summed E-state index contributed by atoms with van der Waals surface area (Å²) in [5, 5.41) is 15.3. The van der Waals surface area contributed by atoms with Crippen LogP contribution in [0.5, 0.6) is 11.8 Å². The lowest BCUT2D eigenvalue weighted by Gasteiger charge is -2.35. The van der Waals surface area contributed by atoms with Crippen molar-refractivity contribution in [2.24, 2.45) is 0 Å². The Hall–Kier alpha value is -4.58. The number of nitrogens with one attached hydrogen (secondary N) is 1. The first-order chi connectivity index (χ1) is 23.3. The molecule has 4 fully saturated rings. The van der Waals surface area contributed by atoms with Gasteiger partial charge in [-0.2, -0.15) is 9.97 Å². The predicted molar refractivity (Wildman–Crippen MR) is 178 cm³/mol. The van der Waals surface area contributed by atoms with Crippen LogP contribution in [0.4, 0.5) is 19.0 Å². The Kier molecular flexibility index (Phi) is 7.58. The molecule has 4 atom stereocenters. The zero-order chi connectivity index (χ0) is 33.2. The maximum atomic E-state index is 17.2. The van der Waals surface area contributed by atoms with Gasteiger partial charge >= 0.3 is 6.01 Å². The van der Waals surface area contributed by atoms with E-state index < -0.39 is 23.3 Å². The van der Waals surface area contributed by atoms with E-state index in [1.807, 2.05) is 6.92 Å². The maximum Gasteiger partial charge on any atom is 0.319 e. The molecule has 0 aliphatic carbocycles. The highest BCUT2D eigenvalue weighted by molar-refractivity contribution is 6.04. The van der Waals surface area contributed by atoms with Crippen molar-refractivity contribution in [2.45, 2.75) is 69.2 Å². The highest BCUT2D eigenvalue weighted by Crippen LogP contribution is 2.42. The normalized spacial score (nSPS) is 24.9. The summed E-state index contributed by atoms with van der Waals surface area (Å²) < 4.78 is 53.1. The molecule has 0 saturated carbocycles. The van der Waals surface area contributed by atoms with Crippen LogP contribution >= 0.6 is 0 Å². The summed E-state index contributed by atoms with van der Waals surface area (Å²) in [6.45, 7) is 4.55. The molecular weight excluding hydrogens is 617 g/mol. The Morgan fingerprint density at radius 1 is 1.10 bits per heavy atom. The zero-order valence-corrected chi connectivity index (χ0v) is 26.6. The lowest BCUT2D eigenvalue weighted by molar-refractivity contribution is 0.107. The number of benzene rings is 2. The van der Waals surface area contributed by atoms with E-state index in [9.17, 15) is 9.50 Å². The molecular formula is C37H35F3N6O2. The van der Waals surface area contributed by atoms with E-state index in [4.69, 9.17) is 21.1 Å². The Morgan fingerprint density at radius 3 is 2.69 bits per heavy atom. The molecule has 4 saturated heterocycles. The van der Waals surface area contributed by atoms with E-state index in [-0.39, 0.29) is 63.9 Å². The van der Waals surface area contributed by atoms with Gasteiger partial charge in [0.2, 0.25) is 0 Å². The van der Waals surface area contributed by atoms with Crippen molar-refractivity contribution >= 4 is 27.5 Å². The first-order valence-electron chi connectivity index (χ1n) is 16.6. The summed E-state index contributed by atoms with van der Waals surface area (Å²) in [6, 6.07) is 5.95. The molecule has 0 amide bonds. The van der Waals surface area contributed by atoms with Crippen LogP contribution < -0.4 is 15.0 Å². The van der Waals surface area contributed by atoms with Crippen LogP contribution in [0.1, 0.15) is 56.7 Å². The summed E-state index contributed by atoms with van der Waals surface area (Å²) in [6.07, 6.45) is 9.48. The van der Waals surface area contributed by atoms with E-state index in [2.05, 4.69) is 37.9 Å². The van der Waals surface area contributed by atoms with Gasteiger partial charge in [0, 0.05) is 55.5 Å². The second-order valence-electron chi connectivity index (χ2n) is 13.4. The number of nitrogens with zero attached hydrogens (tertiary/aromatic N) is 5. The van der Waals surface area contributed by atoms with Gasteiger partial charge in [0.1, 0.15) is 47.1 Å². The molecule has 8 rings (SSSR count). The molecule has 4 aliphatic heterocycles. The molecule has 246 valence electrons. The average molecular weight is 653 g/mol. The van der Waals surface area contributed by atoms with Gasteiger partial charge in [0.05, 0.1) is 16.5 Å². The number of aromatic hydroxyl groups is 1. The maximum absolute atomic E-state index is 17.2. The number of phenolic OH excluding ortho intramolecular Hbond substituents is 1. The molecule has 0 spiro atoms. The number of alkyl halides is 1. The molecule has 2 N–H and O–H groups in total. The van der Waals surface area contributed by atoms with Crippen LogP contribution in [0.3, 0.4) is 0 Å². The SMILES string of the molecule is C#Cc1c(F)ccc2cc(O)cc(-c3nc(C#CCC)c4c(N5CC6CCC(C5)N6)nc(OC[C@@]56CCCN5C[C@H](F)C6)nc4c3F)c12. The van der Waals surface area contributed by atoms with Crippen molar-refractivity contribution in [1.82, 2.24) is 25.2 Å². The number of hydrogen-bond donors (Lipinski definition) is 2. The van der Waals surface area contributed by atoms with Crippen LogP contribution in [0, 0.1) is 35.8 Å². The molecule has 11 heteroatoms. The summed E-state index contributed by atoms with van der Waals surface area (Å²) in [5.74, 6) is 7.41. The highest BCUT2D eigenvalue weighted by atomic mass is 19.1. The van der Waals surface area contributed by atoms with Crippen molar-refractivity contribution in [3.05, 3.63) is 47.2 Å². The lowest BCUT2D eigenvalue weighted by Crippen LogP contribution is -2.51. The second-order valence-corrected chi connectivity index (χ2v) is 13.4. The number of phenols is 1. The van der Waals surface area contributed by atoms with Crippen LogP contribution in [-0.2, 0) is 0 Å². The number of terminal acetylenes is 1. The van der Waals surface area contributed by atoms with E-state index in [1.165, 1.54) is 24.3 Å². The van der Waals surface area contributed by atoms with Crippen molar-refractivity contribution in [2.75, 3.05) is 37.7 Å². The first kappa shape index (κ1) is 30.7. The number of rotatable bonds is 5. The van der Waals surface area contributed by atoms with Crippen LogP contribution in [-0.4, -0.2) is 81.5 Å². The minimum atomic E-state index is -0.932. The van der Waals surface area contributed by atoms with Gasteiger partial charge in [0.25, 0.3) is 0 Å². The third kappa shape index (κ3) is 5.08. The largest absolute Gasteiger partial charge is 0.508 e. The number of ether oxygens (including phenoxy) is 1. The summed E-state index contributed by atoms with van der Waals surface area (Å²) in [4.78, 5) is 18.5. The summed E-state index contributed by atoms with van der Waals surface area (Å²) >= 11 is 0. The van der Waals surface area contributed by atoms with Gasteiger partial charge in [-0.15, -0.1) is 6.42 Å². The molecule has 2 aromatic heterocycles. The van der Waals surface area contributed by atoms with Gasteiger partial charge < -0.3 is 20.1 Å². The fourth-order valence-electron chi connectivity index (χ4n) is 8.24. The van der Waals surface area contributed by atoms with Gasteiger partial charge in [-0.05, 0) is 61.7 Å². The molecule has 0 radical (unpaired) electrons. The second kappa shape index (κ2) is 11.8. The fourth-order valence-corrected chi connectivity index (χ4v) is 8.24. The van der Waals surface area contributed by atoms with Crippen molar-refractivity contribution < 1.29 is 23.0 Å². The molecule has 8 nitrogen and oxygen atoms in total. The van der Waals surface area contributed by atoms with Crippen molar-refractivity contribution in [3.8, 4) is 47.2 Å². The van der Waals surface area contributed by atoms with Gasteiger partial charge in [0.15, 0.2) is 5.82 Å². The third-order valence-electron chi connectivity index (χ3n) is 10.3. The Labute approximate surface area is 276 Å².